The lowest BCUT2D eigenvalue weighted by Crippen LogP contribution is -2.29. The maximum atomic E-state index is 13.4. The third-order valence-corrected chi connectivity index (χ3v) is 5.78. The number of halogens is 3. The number of nitrogens with zero attached hydrogens (tertiary/aromatic N) is 6. The molecule has 1 amide bonds. The van der Waals surface area contributed by atoms with Gasteiger partial charge in [0.15, 0.2) is 5.82 Å². The highest BCUT2D eigenvalue weighted by Gasteiger charge is 2.33. The molecule has 1 N–H and O–H groups in total. The monoisotopic (exact) mass is 523 g/mol. The van der Waals surface area contributed by atoms with Crippen LogP contribution in [0.15, 0.2) is 41.3 Å². The molecule has 3 aromatic rings. The fourth-order valence-corrected chi connectivity index (χ4v) is 3.85. The lowest BCUT2D eigenvalue weighted by molar-refractivity contribution is -0.137. The summed E-state index contributed by atoms with van der Waals surface area (Å²) in [6.07, 6.45) is 4.25. The van der Waals surface area contributed by atoms with Crippen molar-refractivity contribution < 1.29 is 26.9 Å². The Hall–Kier alpha value is -3.55. The smallest absolute Gasteiger partial charge is 0.416 e. The summed E-state index contributed by atoms with van der Waals surface area (Å²) >= 11 is 0. The first-order valence-corrected chi connectivity index (χ1v) is 13.3. The molecule has 1 aromatic carbocycles. The van der Waals surface area contributed by atoms with E-state index in [9.17, 15) is 22.2 Å². The van der Waals surface area contributed by atoms with Gasteiger partial charge in [0.05, 0.1) is 30.6 Å². The maximum absolute atomic E-state index is 13.4. The third kappa shape index (κ3) is 6.56. The molecule has 36 heavy (non-hydrogen) atoms. The molecule has 1 saturated carbocycles. The molecule has 4 rings (SSSR count). The minimum atomic E-state index is -4.64. The van der Waals surface area contributed by atoms with Gasteiger partial charge in [-0.2, -0.15) is 27.3 Å². The second-order valence-corrected chi connectivity index (χ2v) is 11.3. The second-order valence-electron chi connectivity index (χ2n) is 8.74. The molecule has 192 valence electrons. The van der Waals surface area contributed by atoms with E-state index in [1.807, 2.05) is 0 Å². The standard InChI is InChI=1S/C22H24F3N7O3S/c1-13(19-28-12-29-32(19)21-26-9-17(10-27-21)31-36(2,3)34)30-20(33)15-6-16(22(23,24)25)8-18(7-15)35-11-14-4-5-14/h6-10,12-14H,4-5,11H2,1-3H3,(H,30,33)/t13-/m0/s1. The molecule has 1 fully saturated rings. The number of benzene rings is 1. The van der Waals surface area contributed by atoms with Crippen molar-refractivity contribution in [1.82, 2.24) is 30.0 Å². The van der Waals surface area contributed by atoms with Crippen molar-refractivity contribution in [2.75, 3.05) is 19.1 Å². The highest BCUT2D eigenvalue weighted by molar-refractivity contribution is 7.92. The largest absolute Gasteiger partial charge is 0.493 e. The van der Waals surface area contributed by atoms with Gasteiger partial charge in [-0.3, -0.25) is 4.79 Å². The van der Waals surface area contributed by atoms with Gasteiger partial charge in [-0.05, 0) is 43.9 Å². The molecule has 1 atom stereocenters. The Kier molecular flexibility index (Phi) is 6.98. The first-order chi connectivity index (χ1) is 16.9. The number of hydrogen-bond acceptors (Lipinski definition) is 8. The Morgan fingerprint density at radius 1 is 1.22 bits per heavy atom. The van der Waals surface area contributed by atoms with Crippen LogP contribution in [-0.4, -0.2) is 54.0 Å². The molecule has 0 aliphatic heterocycles. The van der Waals surface area contributed by atoms with Gasteiger partial charge in [0.1, 0.15) is 17.8 Å². The summed E-state index contributed by atoms with van der Waals surface area (Å²) in [6.45, 7) is 1.91. The van der Waals surface area contributed by atoms with Crippen molar-refractivity contribution in [3.63, 3.8) is 0 Å². The zero-order valence-electron chi connectivity index (χ0n) is 19.7. The number of nitrogens with one attached hydrogen (secondary N) is 1. The molecule has 1 aliphatic carbocycles. The van der Waals surface area contributed by atoms with Gasteiger partial charge in [0, 0.05) is 27.8 Å². The van der Waals surface area contributed by atoms with Gasteiger partial charge in [0.25, 0.3) is 11.9 Å². The topological polar surface area (TPSA) is 124 Å². The summed E-state index contributed by atoms with van der Waals surface area (Å²) in [5.41, 5.74) is -0.849. The number of alkyl halides is 3. The van der Waals surface area contributed by atoms with Crippen LogP contribution in [0.4, 0.5) is 18.9 Å². The van der Waals surface area contributed by atoms with Crippen LogP contribution in [0.25, 0.3) is 5.95 Å². The Morgan fingerprint density at radius 3 is 2.53 bits per heavy atom. The van der Waals surface area contributed by atoms with Crippen LogP contribution >= 0.6 is 0 Å². The quantitative estimate of drug-likeness (QED) is 0.477. The van der Waals surface area contributed by atoms with Crippen LogP contribution in [0.2, 0.25) is 0 Å². The van der Waals surface area contributed by atoms with E-state index in [1.54, 1.807) is 6.92 Å². The first kappa shape index (κ1) is 25.5. The molecule has 0 saturated heterocycles. The number of amides is 1. The molecule has 0 radical (unpaired) electrons. The normalized spacial score (nSPS) is 14.8. The predicted molar refractivity (Wildman–Crippen MR) is 125 cm³/mol. The van der Waals surface area contributed by atoms with Crippen molar-refractivity contribution in [2.45, 2.75) is 32.0 Å². The number of hydrogen-bond donors (Lipinski definition) is 1. The average Bonchev–Trinajstić information content (AvgIpc) is 3.50. The van der Waals surface area contributed by atoms with Gasteiger partial charge in [-0.1, -0.05) is 0 Å². The number of carbonyl (C=O) groups is 1. The minimum absolute atomic E-state index is 0.0142. The first-order valence-electron chi connectivity index (χ1n) is 10.9. The predicted octanol–water partition coefficient (Wildman–Crippen LogP) is 3.72. The van der Waals surface area contributed by atoms with Crippen LogP contribution in [0.3, 0.4) is 0 Å². The molecule has 0 spiro atoms. The molecular formula is C22H24F3N7O3S. The number of carbonyl (C=O) groups excluding carboxylic acids is 1. The van der Waals surface area contributed by atoms with Crippen LogP contribution < -0.4 is 10.1 Å². The van der Waals surface area contributed by atoms with Crippen molar-refractivity contribution in [3.8, 4) is 11.7 Å². The van der Waals surface area contributed by atoms with Crippen molar-refractivity contribution in [1.29, 1.82) is 0 Å². The molecule has 14 heteroatoms. The fourth-order valence-electron chi connectivity index (χ4n) is 3.24. The maximum Gasteiger partial charge on any atom is 0.416 e. The Morgan fingerprint density at radius 2 is 1.92 bits per heavy atom. The summed E-state index contributed by atoms with van der Waals surface area (Å²) < 4.78 is 62.9. The van der Waals surface area contributed by atoms with E-state index >= 15 is 0 Å². The van der Waals surface area contributed by atoms with Crippen LogP contribution in [0.1, 0.15) is 47.6 Å². The van der Waals surface area contributed by atoms with E-state index in [-0.39, 0.29) is 23.1 Å². The van der Waals surface area contributed by atoms with E-state index in [0.29, 0.717) is 18.2 Å². The zero-order valence-corrected chi connectivity index (χ0v) is 20.5. The molecule has 1 aliphatic rings. The van der Waals surface area contributed by atoms with E-state index in [0.717, 1.165) is 25.0 Å². The summed E-state index contributed by atoms with van der Waals surface area (Å²) in [4.78, 5) is 25.3. The Balaban J connectivity index is 1.54. The van der Waals surface area contributed by atoms with Gasteiger partial charge >= 0.3 is 6.18 Å². The van der Waals surface area contributed by atoms with E-state index < -0.39 is 33.4 Å². The lowest BCUT2D eigenvalue weighted by Gasteiger charge is -2.16. The van der Waals surface area contributed by atoms with Gasteiger partial charge in [-0.25, -0.2) is 19.2 Å². The molecule has 2 aromatic heterocycles. The third-order valence-electron chi connectivity index (χ3n) is 5.13. The van der Waals surface area contributed by atoms with Crippen molar-refractivity contribution in [3.05, 3.63) is 53.9 Å². The summed E-state index contributed by atoms with van der Waals surface area (Å²) in [5.74, 6) is -0.0490. The van der Waals surface area contributed by atoms with Gasteiger partial charge in [-0.15, -0.1) is 0 Å². The summed E-state index contributed by atoms with van der Waals surface area (Å²) in [6, 6.07) is 2.20. The zero-order chi connectivity index (χ0) is 26.1. The molecule has 0 unspecified atom stereocenters. The van der Waals surface area contributed by atoms with E-state index in [4.69, 9.17) is 4.74 Å². The van der Waals surface area contributed by atoms with Crippen molar-refractivity contribution in [2.24, 2.45) is 10.3 Å². The molecule has 2 heterocycles. The van der Waals surface area contributed by atoms with Crippen molar-refractivity contribution >= 4 is 21.3 Å². The fraction of sp³-hybridized carbons (Fsp3) is 0.409. The SMILES string of the molecule is C[C@H](NC(=O)c1cc(OCC2CC2)cc(C(F)(F)F)c1)c1ncnn1-c1ncc(N=S(C)(C)=O)cn1. The number of rotatable bonds is 8. The van der Waals surface area contributed by atoms with E-state index in [1.165, 1.54) is 42.0 Å². The minimum Gasteiger partial charge on any atom is -0.493 e. The highest BCUT2D eigenvalue weighted by Crippen LogP contribution is 2.34. The lowest BCUT2D eigenvalue weighted by atomic mass is 10.1. The van der Waals surface area contributed by atoms with Crippen LogP contribution in [0, 0.1) is 5.92 Å². The molecule has 10 nitrogen and oxygen atoms in total. The van der Waals surface area contributed by atoms with Gasteiger partial charge in [0.2, 0.25) is 0 Å². The number of aromatic nitrogens is 5. The molecule has 0 bridgehead atoms. The number of ether oxygens (including phenoxy) is 1. The summed E-state index contributed by atoms with van der Waals surface area (Å²) in [5, 5.41) is 6.71. The summed E-state index contributed by atoms with van der Waals surface area (Å²) in [7, 11) is -2.39. The van der Waals surface area contributed by atoms with Crippen LogP contribution in [-0.2, 0) is 15.9 Å². The molecular weight excluding hydrogens is 499 g/mol. The highest BCUT2D eigenvalue weighted by atomic mass is 32.2. The van der Waals surface area contributed by atoms with Gasteiger partial charge < -0.3 is 10.1 Å². The average molecular weight is 524 g/mol. The van der Waals surface area contributed by atoms with E-state index in [2.05, 4.69) is 29.7 Å². The van der Waals surface area contributed by atoms with Crippen LogP contribution in [0.5, 0.6) is 5.75 Å². The second kappa shape index (κ2) is 9.84. The Bertz CT molecular complexity index is 1370. The Labute approximate surface area is 205 Å².